The number of rotatable bonds is 2. The molecule has 0 spiro atoms. The first-order valence-electron chi connectivity index (χ1n) is 6.15. The fraction of sp³-hybridized carbons (Fsp3) is 0.0667. The van der Waals surface area contributed by atoms with E-state index in [1.807, 2.05) is 41.4 Å². The van der Waals surface area contributed by atoms with Crippen LogP contribution >= 0.6 is 0 Å². The molecule has 0 saturated carbocycles. The highest BCUT2D eigenvalue weighted by atomic mass is 32.2. The second-order valence-corrected chi connectivity index (χ2v) is 5.98. The van der Waals surface area contributed by atoms with Crippen LogP contribution < -0.4 is 4.90 Å². The summed E-state index contributed by atoms with van der Waals surface area (Å²) in [6.45, 7) is 0.569. The van der Waals surface area contributed by atoms with Gasteiger partial charge in [0, 0.05) is 12.7 Å². The van der Waals surface area contributed by atoms with Gasteiger partial charge in [0.05, 0.1) is 5.69 Å². The lowest BCUT2D eigenvalue weighted by atomic mass is 10.0. The van der Waals surface area contributed by atoms with Crippen molar-refractivity contribution in [3.05, 3.63) is 65.9 Å². The molecule has 3 rings (SSSR count). The Balaban J connectivity index is 2.05. The van der Waals surface area contributed by atoms with Gasteiger partial charge in [0.2, 0.25) is 0 Å². The SMILES string of the molecule is O=S(=O)(O)c1ccccc1N1C=Cc2ccccc2C1. The molecule has 0 aromatic heterocycles. The van der Waals surface area contributed by atoms with Gasteiger partial charge in [0.15, 0.2) is 0 Å². The number of hydrogen-bond acceptors (Lipinski definition) is 3. The maximum Gasteiger partial charge on any atom is 0.296 e. The molecule has 1 N–H and O–H groups in total. The number of benzene rings is 2. The molecule has 0 bridgehead atoms. The van der Waals surface area contributed by atoms with Crippen LogP contribution in [0.15, 0.2) is 59.6 Å². The van der Waals surface area contributed by atoms with E-state index >= 15 is 0 Å². The molecule has 0 fully saturated rings. The molecule has 5 heteroatoms. The normalized spacial score (nSPS) is 14.2. The summed E-state index contributed by atoms with van der Waals surface area (Å²) < 4.78 is 32.2. The largest absolute Gasteiger partial charge is 0.342 e. The van der Waals surface area contributed by atoms with E-state index in [9.17, 15) is 13.0 Å². The number of anilines is 1. The zero-order valence-corrected chi connectivity index (χ0v) is 11.4. The van der Waals surface area contributed by atoms with Crippen LogP contribution in [0.3, 0.4) is 0 Å². The number of para-hydroxylation sites is 1. The van der Waals surface area contributed by atoms with Gasteiger partial charge in [0.1, 0.15) is 4.90 Å². The molecule has 102 valence electrons. The Morgan fingerprint density at radius 2 is 1.70 bits per heavy atom. The van der Waals surface area contributed by atoms with Gasteiger partial charge in [-0.1, -0.05) is 36.4 Å². The molecular formula is C15H13NO3S. The minimum absolute atomic E-state index is 0.0796. The molecule has 2 aromatic carbocycles. The molecule has 0 aliphatic carbocycles. The molecular weight excluding hydrogens is 274 g/mol. The highest BCUT2D eigenvalue weighted by Gasteiger charge is 2.20. The zero-order chi connectivity index (χ0) is 14.2. The van der Waals surface area contributed by atoms with Crippen molar-refractivity contribution in [2.75, 3.05) is 4.90 Å². The summed E-state index contributed by atoms with van der Waals surface area (Å²) in [6.07, 6.45) is 3.76. The fourth-order valence-corrected chi connectivity index (χ4v) is 3.03. The average Bonchev–Trinajstić information content (AvgIpc) is 2.46. The second-order valence-electron chi connectivity index (χ2n) is 4.59. The van der Waals surface area contributed by atoms with Crippen LogP contribution in [0.5, 0.6) is 0 Å². The summed E-state index contributed by atoms with van der Waals surface area (Å²) in [5, 5.41) is 0. The van der Waals surface area contributed by atoms with Crippen molar-refractivity contribution in [2.24, 2.45) is 0 Å². The van der Waals surface area contributed by atoms with E-state index in [0.29, 0.717) is 12.2 Å². The number of fused-ring (bicyclic) bond motifs is 1. The molecule has 20 heavy (non-hydrogen) atoms. The van der Waals surface area contributed by atoms with Crippen LogP contribution in [0.4, 0.5) is 5.69 Å². The molecule has 0 radical (unpaired) electrons. The lowest BCUT2D eigenvalue weighted by Gasteiger charge is -2.26. The summed E-state index contributed by atoms with van der Waals surface area (Å²) in [5.74, 6) is 0. The topological polar surface area (TPSA) is 57.6 Å². The molecule has 0 saturated heterocycles. The minimum Gasteiger partial charge on any atom is -0.342 e. The van der Waals surface area contributed by atoms with Crippen LogP contribution in [0.25, 0.3) is 6.08 Å². The average molecular weight is 287 g/mol. The van der Waals surface area contributed by atoms with E-state index in [1.165, 1.54) is 6.07 Å². The predicted octanol–water partition coefficient (Wildman–Crippen LogP) is 2.92. The Hall–Kier alpha value is -2.11. The van der Waals surface area contributed by atoms with E-state index in [4.69, 9.17) is 0 Å². The van der Waals surface area contributed by atoms with Gasteiger partial charge in [-0.2, -0.15) is 8.42 Å². The number of hydrogen-bond donors (Lipinski definition) is 1. The Morgan fingerprint density at radius 3 is 2.50 bits per heavy atom. The standard InChI is InChI=1S/C15H13NO3S/c17-20(18,19)15-8-4-3-7-14(15)16-10-9-12-5-1-2-6-13(12)11-16/h1-10H,11H2,(H,17,18,19). The van der Waals surface area contributed by atoms with Crippen molar-refractivity contribution in [3.8, 4) is 0 Å². The zero-order valence-electron chi connectivity index (χ0n) is 10.6. The Morgan fingerprint density at radius 1 is 1.00 bits per heavy atom. The Bertz CT molecular complexity index is 781. The van der Waals surface area contributed by atoms with Crippen LogP contribution in [0.2, 0.25) is 0 Å². The van der Waals surface area contributed by atoms with Crippen molar-refractivity contribution in [1.29, 1.82) is 0 Å². The molecule has 1 aliphatic rings. The van der Waals surface area contributed by atoms with Gasteiger partial charge >= 0.3 is 0 Å². The maximum atomic E-state index is 11.4. The van der Waals surface area contributed by atoms with Crippen molar-refractivity contribution in [2.45, 2.75) is 11.4 Å². The molecule has 0 atom stereocenters. The van der Waals surface area contributed by atoms with Gasteiger partial charge < -0.3 is 4.90 Å². The summed E-state index contributed by atoms with van der Waals surface area (Å²) in [6, 6.07) is 14.3. The van der Waals surface area contributed by atoms with Crippen molar-refractivity contribution in [3.63, 3.8) is 0 Å². The maximum absolute atomic E-state index is 11.4. The van der Waals surface area contributed by atoms with E-state index < -0.39 is 10.1 Å². The van der Waals surface area contributed by atoms with Gasteiger partial charge in [0.25, 0.3) is 10.1 Å². The first kappa shape index (κ1) is 12.9. The third kappa shape index (κ3) is 2.33. The molecule has 0 unspecified atom stereocenters. The van der Waals surface area contributed by atoms with Crippen LogP contribution in [0.1, 0.15) is 11.1 Å². The third-order valence-corrected chi connectivity index (χ3v) is 4.18. The third-order valence-electron chi connectivity index (χ3n) is 3.28. The predicted molar refractivity (Wildman–Crippen MR) is 77.9 cm³/mol. The molecule has 1 aliphatic heterocycles. The first-order valence-corrected chi connectivity index (χ1v) is 7.59. The van der Waals surface area contributed by atoms with Gasteiger partial charge in [-0.25, -0.2) is 0 Å². The smallest absolute Gasteiger partial charge is 0.296 e. The van der Waals surface area contributed by atoms with Crippen LogP contribution in [0, 0.1) is 0 Å². The molecule has 2 aromatic rings. The highest BCUT2D eigenvalue weighted by molar-refractivity contribution is 7.86. The Kier molecular flexibility index (Phi) is 3.08. The van der Waals surface area contributed by atoms with Crippen LogP contribution in [-0.4, -0.2) is 13.0 Å². The number of nitrogens with zero attached hydrogens (tertiary/aromatic N) is 1. The summed E-state index contributed by atoms with van der Waals surface area (Å²) in [4.78, 5) is 1.73. The first-order chi connectivity index (χ1) is 9.55. The van der Waals surface area contributed by atoms with E-state index in [0.717, 1.165) is 11.1 Å². The lowest BCUT2D eigenvalue weighted by Crippen LogP contribution is -2.21. The highest BCUT2D eigenvalue weighted by Crippen LogP contribution is 2.30. The fourth-order valence-electron chi connectivity index (χ4n) is 2.33. The van der Waals surface area contributed by atoms with Gasteiger partial charge in [-0.15, -0.1) is 0 Å². The molecule has 1 heterocycles. The Labute approximate surface area is 117 Å². The summed E-state index contributed by atoms with van der Waals surface area (Å²) >= 11 is 0. The van der Waals surface area contributed by atoms with Gasteiger partial charge in [-0.3, -0.25) is 4.55 Å². The monoisotopic (exact) mass is 287 g/mol. The van der Waals surface area contributed by atoms with Gasteiger partial charge in [-0.05, 0) is 29.3 Å². The van der Waals surface area contributed by atoms with E-state index in [2.05, 4.69) is 0 Å². The second kappa shape index (κ2) is 4.77. The van der Waals surface area contributed by atoms with Crippen molar-refractivity contribution >= 4 is 21.9 Å². The summed E-state index contributed by atoms with van der Waals surface area (Å²) in [5.41, 5.74) is 2.70. The molecule has 0 amide bonds. The minimum atomic E-state index is -4.24. The van der Waals surface area contributed by atoms with Crippen molar-refractivity contribution in [1.82, 2.24) is 0 Å². The van der Waals surface area contributed by atoms with Crippen LogP contribution in [-0.2, 0) is 16.7 Å². The van der Waals surface area contributed by atoms with Crippen molar-refractivity contribution < 1.29 is 13.0 Å². The summed E-state index contributed by atoms with van der Waals surface area (Å²) in [7, 11) is -4.24. The lowest BCUT2D eigenvalue weighted by molar-refractivity contribution is 0.483. The van der Waals surface area contributed by atoms with E-state index in [-0.39, 0.29) is 4.90 Å². The quantitative estimate of drug-likeness (QED) is 0.863. The van der Waals surface area contributed by atoms with E-state index in [1.54, 1.807) is 18.2 Å². The molecule has 4 nitrogen and oxygen atoms in total.